The summed E-state index contributed by atoms with van der Waals surface area (Å²) in [6.45, 7) is 7.24. The van der Waals surface area contributed by atoms with Crippen LogP contribution in [-0.4, -0.2) is 60.0 Å². The van der Waals surface area contributed by atoms with Crippen LogP contribution >= 0.6 is 24.8 Å². The molecule has 1 N–H and O–H groups in total. The molecule has 2 saturated heterocycles. The van der Waals surface area contributed by atoms with Gasteiger partial charge in [0.05, 0.1) is 12.2 Å². The molecular formula is C19H25BrN3O3P. The second-order valence-electron chi connectivity index (χ2n) is 7.47. The topological polar surface area (TPSA) is 61.9 Å². The smallest absolute Gasteiger partial charge is 0.410 e. The molecule has 2 fully saturated rings. The number of carbonyl (C=O) groups excluding carboxylic acids is 2. The fourth-order valence-corrected chi connectivity index (χ4v) is 4.52. The van der Waals surface area contributed by atoms with Gasteiger partial charge in [0, 0.05) is 28.5 Å². The van der Waals surface area contributed by atoms with Gasteiger partial charge in [-0.05, 0) is 36.5 Å². The molecule has 0 aromatic heterocycles. The van der Waals surface area contributed by atoms with Crippen molar-refractivity contribution < 1.29 is 14.3 Å². The van der Waals surface area contributed by atoms with Gasteiger partial charge in [-0.2, -0.15) is 0 Å². The van der Waals surface area contributed by atoms with Gasteiger partial charge in [0.25, 0.3) is 0 Å². The van der Waals surface area contributed by atoms with Gasteiger partial charge in [0.1, 0.15) is 13.2 Å². The highest BCUT2D eigenvalue weighted by atomic mass is 79.9. The maximum Gasteiger partial charge on any atom is 0.410 e. The summed E-state index contributed by atoms with van der Waals surface area (Å²) in [6.07, 6.45) is 0.786. The highest BCUT2D eigenvalue weighted by molar-refractivity contribution is 9.10. The Morgan fingerprint density at radius 3 is 2.67 bits per heavy atom. The van der Waals surface area contributed by atoms with Crippen LogP contribution in [0.3, 0.4) is 0 Å². The minimum atomic E-state index is -0.440. The summed E-state index contributed by atoms with van der Waals surface area (Å²) >= 11 is 3.52. The van der Waals surface area contributed by atoms with Crippen LogP contribution in [0.4, 0.5) is 10.5 Å². The van der Waals surface area contributed by atoms with E-state index >= 15 is 0 Å². The number of halogens is 1. The molecule has 6 nitrogen and oxygen atoms in total. The number of hydrogen-bond donors (Lipinski definition) is 1. The van der Waals surface area contributed by atoms with Crippen molar-refractivity contribution in [3.05, 3.63) is 28.2 Å². The summed E-state index contributed by atoms with van der Waals surface area (Å²) in [5, 5.41) is 2.94. The lowest BCUT2D eigenvalue weighted by Crippen LogP contribution is -2.42. The van der Waals surface area contributed by atoms with Crippen LogP contribution in [0.5, 0.6) is 0 Å². The van der Waals surface area contributed by atoms with Gasteiger partial charge in [-0.1, -0.05) is 29.8 Å². The molecule has 1 aromatic rings. The Bertz CT molecular complexity index is 748. The maximum absolute atomic E-state index is 12.4. The van der Waals surface area contributed by atoms with Crippen molar-refractivity contribution in [1.82, 2.24) is 9.80 Å². The number of anilines is 1. The van der Waals surface area contributed by atoms with E-state index < -0.39 is 6.09 Å². The lowest BCUT2D eigenvalue weighted by Gasteiger charge is -2.36. The van der Waals surface area contributed by atoms with Crippen LogP contribution in [0.1, 0.15) is 25.8 Å². The van der Waals surface area contributed by atoms with E-state index in [9.17, 15) is 9.59 Å². The van der Waals surface area contributed by atoms with E-state index in [0.29, 0.717) is 30.7 Å². The number of cyclic esters (lactones) is 1. The van der Waals surface area contributed by atoms with Crippen molar-refractivity contribution in [1.29, 1.82) is 0 Å². The van der Waals surface area contributed by atoms with Gasteiger partial charge in [0.2, 0.25) is 5.91 Å². The number of benzene rings is 1. The molecule has 3 rings (SSSR count). The zero-order valence-electron chi connectivity index (χ0n) is 15.6. The third kappa shape index (κ3) is 5.09. The average Bonchev–Trinajstić information content (AvgIpc) is 2.99. The quantitative estimate of drug-likeness (QED) is 0.693. The van der Waals surface area contributed by atoms with Gasteiger partial charge in [-0.25, -0.2) is 4.79 Å². The lowest BCUT2D eigenvalue weighted by atomic mass is 9.91. The number of amides is 2. The zero-order chi connectivity index (χ0) is 19.6. The maximum atomic E-state index is 12.4. The predicted molar refractivity (Wildman–Crippen MR) is 113 cm³/mol. The van der Waals surface area contributed by atoms with Gasteiger partial charge in [-0.3, -0.25) is 14.6 Å². The van der Waals surface area contributed by atoms with Crippen LogP contribution in [-0.2, 0) is 9.53 Å². The van der Waals surface area contributed by atoms with Crippen LogP contribution in [0.2, 0.25) is 0 Å². The molecule has 8 heteroatoms. The average molecular weight is 454 g/mol. The molecule has 0 bridgehead atoms. The molecule has 2 heterocycles. The van der Waals surface area contributed by atoms with Crippen molar-refractivity contribution in [2.45, 2.75) is 20.3 Å². The highest BCUT2D eigenvalue weighted by Gasteiger charge is 2.27. The molecule has 2 atom stereocenters. The van der Waals surface area contributed by atoms with Crippen LogP contribution in [0, 0.1) is 11.8 Å². The van der Waals surface area contributed by atoms with Gasteiger partial charge in [-0.15, -0.1) is 8.86 Å². The molecule has 0 aliphatic carbocycles. The summed E-state index contributed by atoms with van der Waals surface area (Å²) in [4.78, 5) is 27.7. The fourth-order valence-electron chi connectivity index (χ4n) is 3.77. The number of nitrogens with zero attached hydrogens (tertiary/aromatic N) is 2. The number of hydrogen-bond acceptors (Lipinski definition) is 3. The monoisotopic (exact) mass is 453 g/mol. The number of likely N-dealkylation sites (tertiary alicyclic amines) is 1. The normalized spacial score (nSPS) is 23.2. The van der Waals surface area contributed by atoms with E-state index in [1.54, 1.807) is 0 Å². The lowest BCUT2D eigenvalue weighted by molar-refractivity contribution is -0.116. The Balaban J connectivity index is 1.75. The molecule has 0 radical (unpaired) electrons. The Labute approximate surface area is 170 Å². The second kappa shape index (κ2) is 8.72. The standard InChI is InChI=1S/C19H25BrN3O3P/c1-12-7-13(2)10-23(9-12)18(27)15-8-14(20)3-4-16(15)21-17(24)11-22-5-6-26-19(22)25/h3-4,8,12-13,27H,5-7,9-11H2,1-2H3,(H,21,24)/t12-,13+. The van der Waals surface area contributed by atoms with Crippen molar-refractivity contribution in [2.24, 2.45) is 11.8 Å². The Hall–Kier alpha value is -1.43. The van der Waals surface area contributed by atoms with E-state index in [2.05, 4.69) is 48.9 Å². The molecule has 2 aliphatic heterocycles. The molecule has 2 aliphatic rings. The zero-order valence-corrected chi connectivity index (χ0v) is 18.2. The van der Waals surface area contributed by atoms with E-state index in [0.717, 1.165) is 28.5 Å². The van der Waals surface area contributed by atoms with Crippen LogP contribution < -0.4 is 5.32 Å². The van der Waals surface area contributed by atoms with Crippen LogP contribution in [0.15, 0.2) is 22.7 Å². The van der Waals surface area contributed by atoms with E-state index in [1.165, 1.54) is 11.3 Å². The number of piperidine rings is 1. The molecule has 2 amide bonds. The van der Waals surface area contributed by atoms with Gasteiger partial charge >= 0.3 is 6.09 Å². The molecular weight excluding hydrogens is 429 g/mol. The van der Waals surface area contributed by atoms with E-state index in [4.69, 9.17) is 4.74 Å². The van der Waals surface area contributed by atoms with E-state index in [1.807, 2.05) is 18.2 Å². The Morgan fingerprint density at radius 2 is 2.04 bits per heavy atom. The van der Waals surface area contributed by atoms with Gasteiger partial charge in [0.15, 0.2) is 0 Å². The minimum Gasteiger partial charge on any atom is -0.448 e. The summed E-state index contributed by atoms with van der Waals surface area (Å²) in [5.74, 6) is 0.996. The largest absolute Gasteiger partial charge is 0.448 e. The summed E-state index contributed by atoms with van der Waals surface area (Å²) < 4.78 is 5.81. The molecule has 0 saturated carbocycles. The van der Waals surface area contributed by atoms with Crippen molar-refractivity contribution in [3.8, 4) is 0 Å². The fraction of sp³-hybridized carbons (Fsp3) is 0.526. The minimum absolute atomic E-state index is 0.0107. The first-order valence-corrected chi connectivity index (χ1v) is 10.5. The van der Waals surface area contributed by atoms with Crippen molar-refractivity contribution in [3.63, 3.8) is 0 Å². The predicted octanol–water partition coefficient (Wildman–Crippen LogP) is 3.44. The summed E-state index contributed by atoms with van der Waals surface area (Å²) in [7, 11) is 3.82. The summed E-state index contributed by atoms with van der Waals surface area (Å²) in [5.41, 5.74) is 2.59. The molecule has 27 heavy (non-hydrogen) atoms. The molecule has 0 spiro atoms. The van der Waals surface area contributed by atoms with E-state index in [-0.39, 0.29) is 12.5 Å². The van der Waals surface area contributed by atoms with Gasteiger partial charge < -0.3 is 10.1 Å². The first kappa shape index (κ1) is 20.3. The molecule has 0 unspecified atom stereocenters. The SMILES string of the molecule is C[C@@H]1C[C@H](C)CN(C(=P)c2cc(Br)ccc2NC(=O)CN2CCOC2=O)C1. The Kier molecular flexibility index (Phi) is 6.56. The molecule has 1 aromatic carbocycles. The first-order valence-electron chi connectivity index (χ1n) is 9.18. The number of nitrogens with one attached hydrogen (secondary N) is 1. The van der Waals surface area contributed by atoms with Crippen LogP contribution in [0.25, 0.3) is 0 Å². The first-order chi connectivity index (χ1) is 12.8. The number of carbonyl (C=O) groups is 2. The highest BCUT2D eigenvalue weighted by Crippen LogP contribution is 2.28. The third-order valence-electron chi connectivity index (χ3n) is 4.88. The number of ether oxygens (including phenoxy) is 1. The second-order valence-corrected chi connectivity index (χ2v) is 8.86. The van der Waals surface area contributed by atoms with Crippen molar-refractivity contribution >= 4 is 47.9 Å². The Morgan fingerprint density at radius 1 is 1.33 bits per heavy atom. The van der Waals surface area contributed by atoms with Crippen molar-refractivity contribution in [2.75, 3.05) is 38.1 Å². The third-order valence-corrected chi connectivity index (χ3v) is 5.95. The summed E-state index contributed by atoms with van der Waals surface area (Å²) in [6, 6.07) is 5.76. The number of rotatable bonds is 5. The molecule has 146 valence electrons.